The van der Waals surface area contributed by atoms with Gasteiger partial charge in [-0.15, -0.1) is 0 Å². The van der Waals surface area contributed by atoms with E-state index >= 15 is 0 Å². The van der Waals surface area contributed by atoms with Crippen molar-refractivity contribution < 1.29 is 0 Å². The van der Waals surface area contributed by atoms with E-state index in [0.29, 0.717) is 0 Å². The summed E-state index contributed by atoms with van der Waals surface area (Å²) in [5.41, 5.74) is 5.10. The summed E-state index contributed by atoms with van der Waals surface area (Å²) < 4.78 is 0.970. The molecule has 0 aliphatic rings. The summed E-state index contributed by atoms with van der Waals surface area (Å²) in [5, 5.41) is 4.90. The fourth-order valence-electron chi connectivity index (χ4n) is 1.69. The number of halogens is 2. The average Bonchev–Trinajstić information content (AvgIpc) is 2.79. The van der Waals surface area contributed by atoms with Crippen LogP contribution < -0.4 is 11.3 Å². The van der Waals surface area contributed by atoms with Crippen molar-refractivity contribution in [3.8, 4) is 0 Å². The number of hydrogen-bond acceptors (Lipinski definition) is 3. The monoisotopic (exact) mass is 330 g/mol. The molecule has 0 bridgehead atoms. The first-order valence-corrected chi connectivity index (χ1v) is 7.24. The van der Waals surface area contributed by atoms with Gasteiger partial charge >= 0.3 is 0 Å². The number of hydrogen-bond donors (Lipinski definition) is 2. The standard InChI is InChI=1S/C12H12BrClN2S/c13-9-1-2-10(11(14)6-9)12(16-15)5-8-3-4-17-7-8/h1-4,6-7,12,16H,5,15H2. The van der Waals surface area contributed by atoms with Crippen LogP contribution >= 0.6 is 38.9 Å². The minimum atomic E-state index is 0.0326. The highest BCUT2D eigenvalue weighted by Gasteiger charge is 2.14. The molecule has 0 aliphatic heterocycles. The zero-order chi connectivity index (χ0) is 12.3. The summed E-state index contributed by atoms with van der Waals surface area (Å²) in [6.07, 6.45) is 0.835. The lowest BCUT2D eigenvalue weighted by molar-refractivity contribution is 0.553. The van der Waals surface area contributed by atoms with E-state index in [1.165, 1.54) is 5.56 Å². The van der Waals surface area contributed by atoms with Crippen molar-refractivity contribution in [1.29, 1.82) is 0 Å². The summed E-state index contributed by atoms with van der Waals surface area (Å²) in [6.45, 7) is 0. The van der Waals surface area contributed by atoms with Crippen molar-refractivity contribution in [1.82, 2.24) is 5.43 Å². The van der Waals surface area contributed by atoms with Gasteiger partial charge in [0.1, 0.15) is 0 Å². The van der Waals surface area contributed by atoms with Gasteiger partial charge in [-0.1, -0.05) is 33.6 Å². The van der Waals surface area contributed by atoms with Crippen LogP contribution in [-0.2, 0) is 6.42 Å². The first-order valence-electron chi connectivity index (χ1n) is 5.13. The molecular weight excluding hydrogens is 320 g/mol. The van der Waals surface area contributed by atoms with Crippen molar-refractivity contribution >= 4 is 38.9 Å². The Hall–Kier alpha value is -0.390. The van der Waals surface area contributed by atoms with Crippen LogP contribution in [0.1, 0.15) is 17.2 Å². The maximum absolute atomic E-state index is 6.22. The zero-order valence-corrected chi connectivity index (χ0v) is 12.1. The molecule has 0 fully saturated rings. The molecule has 2 rings (SSSR count). The molecule has 0 aliphatic carbocycles. The smallest absolute Gasteiger partial charge is 0.0515 e. The van der Waals surface area contributed by atoms with E-state index in [-0.39, 0.29) is 6.04 Å². The van der Waals surface area contributed by atoms with Crippen LogP contribution in [0.3, 0.4) is 0 Å². The van der Waals surface area contributed by atoms with Gasteiger partial charge in [0.15, 0.2) is 0 Å². The third kappa shape index (κ3) is 3.30. The molecule has 3 N–H and O–H groups in total. The second-order valence-corrected chi connectivity index (χ2v) is 5.82. The molecule has 1 heterocycles. The predicted octanol–water partition coefficient (Wildman–Crippen LogP) is 3.91. The first kappa shape index (κ1) is 13.1. The molecule has 17 heavy (non-hydrogen) atoms. The fraction of sp³-hybridized carbons (Fsp3) is 0.167. The van der Waals surface area contributed by atoms with E-state index in [4.69, 9.17) is 17.4 Å². The summed E-state index contributed by atoms with van der Waals surface area (Å²) in [6, 6.07) is 7.98. The quantitative estimate of drug-likeness (QED) is 0.658. The first-order chi connectivity index (χ1) is 8.20. The second kappa shape index (κ2) is 5.98. The van der Waals surface area contributed by atoms with Crippen LogP contribution in [0.5, 0.6) is 0 Å². The minimum Gasteiger partial charge on any atom is -0.271 e. The maximum atomic E-state index is 6.22. The summed E-state index contributed by atoms with van der Waals surface area (Å²) in [5.74, 6) is 5.61. The van der Waals surface area contributed by atoms with E-state index in [1.54, 1.807) is 11.3 Å². The van der Waals surface area contributed by atoms with Crippen LogP contribution in [0.2, 0.25) is 5.02 Å². The van der Waals surface area contributed by atoms with Crippen LogP contribution in [0, 0.1) is 0 Å². The molecule has 2 aromatic rings. The van der Waals surface area contributed by atoms with Gasteiger partial charge < -0.3 is 0 Å². The van der Waals surface area contributed by atoms with Crippen LogP contribution in [0.25, 0.3) is 0 Å². The van der Waals surface area contributed by atoms with Crippen molar-refractivity contribution in [2.45, 2.75) is 12.5 Å². The Morgan fingerprint density at radius 3 is 2.82 bits per heavy atom. The van der Waals surface area contributed by atoms with Crippen molar-refractivity contribution in [3.05, 3.63) is 55.6 Å². The second-order valence-electron chi connectivity index (χ2n) is 3.72. The largest absolute Gasteiger partial charge is 0.271 e. The van der Waals surface area contributed by atoms with E-state index in [2.05, 4.69) is 38.2 Å². The van der Waals surface area contributed by atoms with E-state index in [9.17, 15) is 0 Å². The van der Waals surface area contributed by atoms with Gasteiger partial charge in [-0.25, -0.2) is 0 Å². The molecule has 1 aromatic heterocycles. The minimum absolute atomic E-state index is 0.0326. The Morgan fingerprint density at radius 2 is 2.24 bits per heavy atom. The lowest BCUT2D eigenvalue weighted by Crippen LogP contribution is -2.29. The Kier molecular flexibility index (Phi) is 4.59. The number of benzene rings is 1. The molecule has 0 radical (unpaired) electrons. The van der Waals surface area contributed by atoms with Gasteiger partial charge in [-0.05, 0) is 46.5 Å². The maximum Gasteiger partial charge on any atom is 0.0515 e. The van der Waals surface area contributed by atoms with E-state index in [0.717, 1.165) is 21.5 Å². The lowest BCUT2D eigenvalue weighted by Gasteiger charge is -2.17. The normalized spacial score (nSPS) is 12.6. The molecule has 0 spiro atoms. The molecule has 1 aromatic carbocycles. The Balaban J connectivity index is 2.23. The molecule has 90 valence electrons. The highest BCUT2D eigenvalue weighted by Crippen LogP contribution is 2.28. The number of rotatable bonds is 4. The summed E-state index contributed by atoms with van der Waals surface area (Å²) >= 11 is 11.3. The van der Waals surface area contributed by atoms with Gasteiger partial charge in [0, 0.05) is 9.50 Å². The van der Waals surface area contributed by atoms with Gasteiger partial charge in [0.05, 0.1) is 6.04 Å². The summed E-state index contributed by atoms with van der Waals surface area (Å²) in [4.78, 5) is 0. The third-order valence-corrected chi connectivity index (χ3v) is 4.11. The Labute approximate surface area is 118 Å². The van der Waals surface area contributed by atoms with Crippen molar-refractivity contribution in [3.63, 3.8) is 0 Å². The van der Waals surface area contributed by atoms with Crippen molar-refractivity contribution in [2.24, 2.45) is 5.84 Å². The SMILES string of the molecule is NNC(Cc1ccsc1)c1ccc(Br)cc1Cl. The molecule has 1 atom stereocenters. The van der Waals surface area contributed by atoms with Crippen LogP contribution in [0.15, 0.2) is 39.5 Å². The summed E-state index contributed by atoms with van der Waals surface area (Å²) in [7, 11) is 0. The van der Waals surface area contributed by atoms with Gasteiger partial charge in [-0.3, -0.25) is 11.3 Å². The Morgan fingerprint density at radius 1 is 1.41 bits per heavy atom. The number of hydrazine groups is 1. The van der Waals surface area contributed by atoms with Crippen LogP contribution in [0.4, 0.5) is 0 Å². The van der Waals surface area contributed by atoms with E-state index in [1.807, 2.05) is 18.2 Å². The average molecular weight is 332 g/mol. The molecule has 0 saturated heterocycles. The zero-order valence-electron chi connectivity index (χ0n) is 8.99. The number of nitrogens with two attached hydrogens (primary N) is 1. The highest BCUT2D eigenvalue weighted by atomic mass is 79.9. The molecular formula is C12H12BrClN2S. The number of nitrogens with one attached hydrogen (secondary N) is 1. The fourth-order valence-corrected chi connectivity index (χ4v) is 3.17. The predicted molar refractivity (Wildman–Crippen MR) is 77.2 cm³/mol. The van der Waals surface area contributed by atoms with Crippen molar-refractivity contribution in [2.75, 3.05) is 0 Å². The van der Waals surface area contributed by atoms with Gasteiger partial charge in [-0.2, -0.15) is 11.3 Å². The van der Waals surface area contributed by atoms with Gasteiger partial charge in [0.2, 0.25) is 0 Å². The van der Waals surface area contributed by atoms with Gasteiger partial charge in [0.25, 0.3) is 0 Å². The lowest BCUT2D eigenvalue weighted by atomic mass is 10.0. The molecule has 2 nitrogen and oxygen atoms in total. The number of thiophene rings is 1. The molecule has 0 amide bonds. The third-order valence-electron chi connectivity index (χ3n) is 2.56. The molecule has 0 saturated carbocycles. The topological polar surface area (TPSA) is 38.0 Å². The highest BCUT2D eigenvalue weighted by molar-refractivity contribution is 9.10. The Bertz CT molecular complexity index is 487. The van der Waals surface area contributed by atoms with Crippen LogP contribution in [-0.4, -0.2) is 0 Å². The molecule has 5 heteroatoms. The van der Waals surface area contributed by atoms with E-state index < -0.39 is 0 Å². The molecule has 1 unspecified atom stereocenters.